The lowest BCUT2D eigenvalue weighted by Gasteiger charge is -2.29. The number of likely N-dealkylation sites (N-methyl/N-ethyl adjacent to an activating group) is 1. The van der Waals surface area contributed by atoms with Gasteiger partial charge < -0.3 is 16.0 Å². The van der Waals surface area contributed by atoms with Crippen molar-refractivity contribution in [2.24, 2.45) is 5.92 Å². The van der Waals surface area contributed by atoms with Gasteiger partial charge in [0.25, 0.3) is 0 Å². The Morgan fingerprint density at radius 1 is 1.23 bits per heavy atom. The van der Waals surface area contributed by atoms with Gasteiger partial charge in [0, 0.05) is 31.2 Å². The molecule has 0 radical (unpaired) electrons. The summed E-state index contributed by atoms with van der Waals surface area (Å²) in [4.78, 5) is 29.8. The summed E-state index contributed by atoms with van der Waals surface area (Å²) in [5.41, 5.74) is 9.10. The predicted molar refractivity (Wildman–Crippen MR) is 124 cm³/mol. The number of aryl methyl sites for hydroxylation is 1. The fourth-order valence-corrected chi connectivity index (χ4v) is 5.17. The van der Waals surface area contributed by atoms with Gasteiger partial charge in [-0.1, -0.05) is 13.0 Å². The van der Waals surface area contributed by atoms with Crippen LogP contribution in [0.1, 0.15) is 56.2 Å². The monoisotopic (exact) mass is 456 g/mol. The molecule has 3 unspecified atom stereocenters. The Labute approximate surface area is 191 Å². The summed E-state index contributed by atoms with van der Waals surface area (Å²) in [5, 5.41) is 3.22. The van der Waals surface area contributed by atoms with Crippen molar-refractivity contribution >= 4 is 42.3 Å². The highest BCUT2D eigenvalue weighted by Crippen LogP contribution is 2.32. The van der Waals surface area contributed by atoms with Crippen molar-refractivity contribution in [3.05, 3.63) is 29.3 Å². The Bertz CT molecular complexity index is 761. The number of halogens is 2. The molecule has 1 aliphatic carbocycles. The first-order valence-electron chi connectivity index (χ1n) is 10.8. The van der Waals surface area contributed by atoms with Crippen molar-refractivity contribution in [2.45, 2.75) is 57.5 Å². The molecule has 2 saturated heterocycles. The second-order valence-electron chi connectivity index (χ2n) is 8.54. The molecule has 1 aromatic carbocycles. The van der Waals surface area contributed by atoms with Gasteiger partial charge in [-0.15, -0.1) is 24.8 Å². The molecule has 6 nitrogen and oxygen atoms in total. The molecule has 8 heteroatoms. The maximum atomic E-state index is 12.9. The molecule has 2 aliphatic heterocycles. The Balaban J connectivity index is 0.00000160. The van der Waals surface area contributed by atoms with Crippen molar-refractivity contribution in [3.63, 3.8) is 0 Å². The van der Waals surface area contributed by atoms with E-state index in [2.05, 4.69) is 17.1 Å². The van der Waals surface area contributed by atoms with Gasteiger partial charge in [0.15, 0.2) is 0 Å². The summed E-state index contributed by atoms with van der Waals surface area (Å²) < 4.78 is 0. The van der Waals surface area contributed by atoms with Crippen LogP contribution >= 0.6 is 24.8 Å². The van der Waals surface area contributed by atoms with Gasteiger partial charge in [0.1, 0.15) is 0 Å². The number of nitrogens with two attached hydrogens (primary N) is 1. The SMILES string of the molecule is CCN1CCCC1CN1CC(C(=O)NC2CCCc3cc(N)ccc32)CC1=O.Cl.Cl. The summed E-state index contributed by atoms with van der Waals surface area (Å²) in [5.74, 6) is -0.0904. The molecule has 3 atom stereocenters. The van der Waals surface area contributed by atoms with E-state index in [0.29, 0.717) is 19.0 Å². The van der Waals surface area contributed by atoms with Crippen LogP contribution in [0.2, 0.25) is 0 Å². The second kappa shape index (κ2) is 10.7. The summed E-state index contributed by atoms with van der Waals surface area (Å²) in [6.45, 7) is 5.65. The molecule has 4 rings (SSSR count). The van der Waals surface area contributed by atoms with E-state index >= 15 is 0 Å². The van der Waals surface area contributed by atoms with Gasteiger partial charge in [-0.2, -0.15) is 0 Å². The first-order chi connectivity index (χ1) is 13.5. The van der Waals surface area contributed by atoms with Crippen LogP contribution in [0, 0.1) is 5.92 Å². The van der Waals surface area contributed by atoms with E-state index in [1.54, 1.807) is 0 Å². The predicted octanol–water partition coefficient (Wildman–Crippen LogP) is 2.94. The smallest absolute Gasteiger partial charge is 0.225 e. The zero-order valence-electron chi connectivity index (χ0n) is 17.6. The molecular formula is C22H34Cl2N4O2. The molecule has 0 spiro atoms. The minimum absolute atomic E-state index is 0. The Morgan fingerprint density at radius 3 is 2.80 bits per heavy atom. The summed E-state index contributed by atoms with van der Waals surface area (Å²) >= 11 is 0. The number of hydrogen-bond acceptors (Lipinski definition) is 4. The minimum Gasteiger partial charge on any atom is -0.399 e. The molecule has 0 aromatic heterocycles. The summed E-state index contributed by atoms with van der Waals surface area (Å²) in [7, 11) is 0. The number of amides is 2. The average molecular weight is 457 g/mol. The Morgan fingerprint density at radius 2 is 2.03 bits per heavy atom. The van der Waals surface area contributed by atoms with E-state index in [-0.39, 0.29) is 48.6 Å². The van der Waals surface area contributed by atoms with Crippen molar-refractivity contribution in [1.82, 2.24) is 15.1 Å². The third kappa shape index (κ3) is 5.21. The van der Waals surface area contributed by atoms with Crippen LogP contribution < -0.4 is 11.1 Å². The van der Waals surface area contributed by atoms with Crippen LogP contribution in [-0.2, 0) is 16.0 Å². The number of nitrogen functional groups attached to an aromatic ring is 1. The van der Waals surface area contributed by atoms with Crippen LogP contribution in [-0.4, -0.2) is 53.8 Å². The zero-order chi connectivity index (χ0) is 19.7. The Kier molecular flexibility index (Phi) is 8.83. The molecule has 2 heterocycles. The maximum Gasteiger partial charge on any atom is 0.225 e. The minimum atomic E-state index is -0.233. The van der Waals surface area contributed by atoms with Crippen LogP contribution in [0.3, 0.4) is 0 Å². The average Bonchev–Trinajstić information content (AvgIpc) is 3.28. The highest BCUT2D eigenvalue weighted by molar-refractivity contribution is 5.89. The molecular weight excluding hydrogens is 423 g/mol. The van der Waals surface area contributed by atoms with Crippen LogP contribution in [0.15, 0.2) is 18.2 Å². The lowest BCUT2D eigenvalue weighted by atomic mass is 9.87. The number of rotatable bonds is 5. The number of nitrogens with one attached hydrogen (secondary N) is 1. The van der Waals surface area contributed by atoms with E-state index in [4.69, 9.17) is 5.73 Å². The summed E-state index contributed by atoms with van der Waals surface area (Å²) in [6.07, 6.45) is 5.70. The number of carbonyl (C=O) groups is 2. The van der Waals surface area contributed by atoms with Crippen molar-refractivity contribution in [2.75, 3.05) is 31.9 Å². The van der Waals surface area contributed by atoms with Gasteiger partial charge in [-0.3, -0.25) is 14.5 Å². The molecule has 30 heavy (non-hydrogen) atoms. The van der Waals surface area contributed by atoms with Crippen molar-refractivity contribution < 1.29 is 9.59 Å². The third-order valence-corrected chi connectivity index (χ3v) is 6.72. The fourth-order valence-electron chi connectivity index (χ4n) is 5.17. The number of hydrogen-bond donors (Lipinski definition) is 2. The first-order valence-corrected chi connectivity index (χ1v) is 10.8. The molecule has 0 saturated carbocycles. The molecule has 3 N–H and O–H groups in total. The Hall–Kier alpha value is -1.50. The van der Waals surface area contributed by atoms with Gasteiger partial charge in [-0.05, 0) is 68.5 Å². The number of likely N-dealkylation sites (tertiary alicyclic amines) is 2. The fraction of sp³-hybridized carbons (Fsp3) is 0.636. The molecule has 3 aliphatic rings. The van der Waals surface area contributed by atoms with Crippen LogP contribution in [0.5, 0.6) is 0 Å². The molecule has 1 aromatic rings. The van der Waals surface area contributed by atoms with Crippen molar-refractivity contribution in [3.8, 4) is 0 Å². The number of benzene rings is 1. The largest absolute Gasteiger partial charge is 0.399 e. The van der Waals surface area contributed by atoms with E-state index in [9.17, 15) is 9.59 Å². The molecule has 2 amide bonds. The van der Waals surface area contributed by atoms with Crippen molar-refractivity contribution in [1.29, 1.82) is 0 Å². The zero-order valence-corrected chi connectivity index (χ0v) is 19.3. The lowest BCUT2D eigenvalue weighted by Crippen LogP contribution is -2.42. The number of fused-ring (bicyclic) bond motifs is 1. The first kappa shape index (κ1) is 24.8. The van der Waals surface area contributed by atoms with Crippen LogP contribution in [0.25, 0.3) is 0 Å². The van der Waals surface area contributed by atoms with Gasteiger partial charge in [-0.25, -0.2) is 0 Å². The number of nitrogens with zero attached hydrogens (tertiary/aromatic N) is 2. The third-order valence-electron chi connectivity index (χ3n) is 6.72. The van der Waals surface area contributed by atoms with E-state index in [0.717, 1.165) is 51.0 Å². The topological polar surface area (TPSA) is 78.7 Å². The van der Waals surface area contributed by atoms with Gasteiger partial charge in [0.05, 0.1) is 12.0 Å². The van der Waals surface area contributed by atoms with Gasteiger partial charge in [0.2, 0.25) is 11.8 Å². The normalized spacial score (nSPS) is 26.0. The molecule has 0 bridgehead atoms. The maximum absolute atomic E-state index is 12.9. The summed E-state index contributed by atoms with van der Waals surface area (Å²) in [6, 6.07) is 6.46. The lowest BCUT2D eigenvalue weighted by molar-refractivity contribution is -0.129. The molecule has 168 valence electrons. The van der Waals surface area contributed by atoms with E-state index < -0.39 is 0 Å². The quantitative estimate of drug-likeness (QED) is 0.667. The number of carbonyl (C=O) groups excluding carboxylic acids is 2. The highest BCUT2D eigenvalue weighted by Gasteiger charge is 2.37. The van der Waals surface area contributed by atoms with E-state index in [1.807, 2.05) is 23.1 Å². The standard InChI is InChI=1S/C22H32N4O2.2ClH/c1-2-25-10-4-6-18(25)14-26-13-16(12-21(26)27)22(28)24-20-7-3-5-15-11-17(23)8-9-19(15)20;;/h8-9,11,16,18,20H,2-7,10,12-14,23H2,1H3,(H,24,28);2*1H. The van der Waals surface area contributed by atoms with E-state index in [1.165, 1.54) is 17.5 Å². The second-order valence-corrected chi connectivity index (χ2v) is 8.54. The van der Waals surface area contributed by atoms with Gasteiger partial charge >= 0.3 is 0 Å². The molecule has 2 fully saturated rings. The number of anilines is 1. The highest BCUT2D eigenvalue weighted by atomic mass is 35.5. The van der Waals surface area contributed by atoms with Crippen LogP contribution in [0.4, 0.5) is 5.69 Å².